The van der Waals surface area contributed by atoms with Gasteiger partial charge in [-0.3, -0.25) is 4.79 Å². The number of nitrogens with zero attached hydrogens (tertiary/aromatic N) is 1. The maximum absolute atomic E-state index is 11.8. The van der Waals surface area contributed by atoms with E-state index in [9.17, 15) is 13.2 Å². The Morgan fingerprint density at radius 2 is 1.94 bits per heavy atom. The smallest absolute Gasteiger partial charge is 0.274 e. The minimum atomic E-state index is -4.04. The van der Waals surface area contributed by atoms with E-state index >= 15 is 0 Å². The molecule has 1 heterocycles. The van der Waals surface area contributed by atoms with Gasteiger partial charge in [-0.15, -0.1) is 0 Å². The summed E-state index contributed by atoms with van der Waals surface area (Å²) in [6, 6.07) is 8.66. The maximum Gasteiger partial charge on any atom is 0.324 e. The summed E-state index contributed by atoms with van der Waals surface area (Å²) in [6.07, 6.45) is 0.955. The number of carbonyl (C=O) groups is 1. The van der Waals surface area contributed by atoms with Crippen LogP contribution in [0.1, 0.15) is 31.4 Å². The first kappa shape index (κ1) is 13.4. The molecule has 4 nitrogen and oxygen atoms in total. The van der Waals surface area contributed by atoms with E-state index in [1.54, 1.807) is 0 Å². The van der Waals surface area contributed by atoms with Crippen LogP contribution >= 0.6 is 10.7 Å². The highest BCUT2D eigenvalue weighted by atomic mass is 35.7. The van der Waals surface area contributed by atoms with Crippen molar-refractivity contribution in [3.8, 4) is 0 Å². The molecule has 0 N–H and O–H groups in total. The average molecular weight is 288 g/mol. The van der Waals surface area contributed by atoms with Gasteiger partial charge in [0.25, 0.3) is 0 Å². The lowest BCUT2D eigenvalue weighted by molar-refractivity contribution is -0.124. The molecule has 6 heteroatoms. The van der Waals surface area contributed by atoms with Crippen LogP contribution in [0.5, 0.6) is 0 Å². The fraction of sp³-hybridized carbons (Fsp3) is 0.417. The van der Waals surface area contributed by atoms with Gasteiger partial charge in [0, 0.05) is 17.1 Å². The molecule has 0 saturated carbocycles. The number of carbonyl (C=O) groups excluding carboxylic acids is 1. The van der Waals surface area contributed by atoms with E-state index in [1.807, 2.05) is 37.3 Å². The minimum Gasteiger partial charge on any atom is -0.274 e. The van der Waals surface area contributed by atoms with Crippen LogP contribution in [0.4, 0.5) is 0 Å². The van der Waals surface area contributed by atoms with E-state index in [0.29, 0.717) is 0 Å². The van der Waals surface area contributed by atoms with Gasteiger partial charge in [-0.25, -0.2) is 4.31 Å². The van der Waals surface area contributed by atoms with E-state index in [1.165, 1.54) is 0 Å². The van der Waals surface area contributed by atoms with Crippen molar-refractivity contribution < 1.29 is 13.2 Å². The van der Waals surface area contributed by atoms with E-state index in [-0.39, 0.29) is 12.3 Å². The zero-order valence-electron chi connectivity index (χ0n) is 9.91. The SMILES string of the molecule is CC[C@H]1CC(=O)N(S(=O)(=O)Cl)[C@H]1c1ccccc1. The number of hydrogen-bond donors (Lipinski definition) is 0. The van der Waals surface area contributed by atoms with Crippen LogP contribution in [-0.2, 0) is 14.0 Å². The molecule has 2 atom stereocenters. The molecular formula is C12H14ClNO3S. The zero-order chi connectivity index (χ0) is 13.3. The number of rotatable bonds is 3. The van der Waals surface area contributed by atoms with Crippen molar-refractivity contribution in [2.24, 2.45) is 5.92 Å². The first-order valence-corrected chi connectivity index (χ1v) is 8.03. The molecule has 18 heavy (non-hydrogen) atoms. The van der Waals surface area contributed by atoms with Crippen molar-refractivity contribution in [2.45, 2.75) is 25.8 Å². The van der Waals surface area contributed by atoms with Crippen LogP contribution in [0.15, 0.2) is 30.3 Å². The highest BCUT2D eigenvalue weighted by Crippen LogP contribution is 2.42. The molecule has 0 bridgehead atoms. The van der Waals surface area contributed by atoms with Crippen LogP contribution in [0, 0.1) is 5.92 Å². The number of amides is 1. The summed E-state index contributed by atoms with van der Waals surface area (Å²) >= 11 is 0. The maximum atomic E-state index is 11.8. The Bertz CT molecular complexity index is 544. The van der Waals surface area contributed by atoms with Crippen molar-refractivity contribution in [3.05, 3.63) is 35.9 Å². The van der Waals surface area contributed by atoms with E-state index in [4.69, 9.17) is 10.7 Å². The van der Waals surface area contributed by atoms with Crippen molar-refractivity contribution in [1.29, 1.82) is 0 Å². The summed E-state index contributed by atoms with van der Waals surface area (Å²) < 4.78 is 23.9. The predicted octanol–water partition coefficient (Wildman–Crippen LogP) is 2.47. The molecule has 0 radical (unpaired) electrons. The van der Waals surface area contributed by atoms with Gasteiger partial charge < -0.3 is 0 Å². The predicted molar refractivity (Wildman–Crippen MR) is 69.2 cm³/mol. The van der Waals surface area contributed by atoms with Gasteiger partial charge in [-0.2, -0.15) is 8.42 Å². The van der Waals surface area contributed by atoms with Gasteiger partial charge in [-0.1, -0.05) is 43.7 Å². The molecule has 1 aliphatic rings. The molecular weight excluding hydrogens is 274 g/mol. The molecule has 0 spiro atoms. The Kier molecular flexibility index (Phi) is 3.64. The molecule has 1 aromatic carbocycles. The van der Waals surface area contributed by atoms with Crippen LogP contribution in [-0.4, -0.2) is 18.6 Å². The first-order chi connectivity index (χ1) is 8.45. The Labute approximate surface area is 111 Å². The second-order valence-electron chi connectivity index (χ2n) is 4.36. The van der Waals surface area contributed by atoms with Gasteiger partial charge >= 0.3 is 9.24 Å². The third-order valence-corrected chi connectivity index (χ3v) is 4.63. The molecule has 1 aliphatic heterocycles. The Balaban J connectivity index is 2.48. The Morgan fingerprint density at radius 1 is 1.33 bits per heavy atom. The summed E-state index contributed by atoms with van der Waals surface area (Å²) in [7, 11) is 1.34. The molecule has 1 saturated heterocycles. The van der Waals surface area contributed by atoms with Gasteiger partial charge in [0.15, 0.2) is 0 Å². The standard InChI is InChI=1S/C12H14ClNO3S/c1-2-9-8-11(15)14(18(13,16)17)12(9)10-6-4-3-5-7-10/h3-7,9,12H,2,8H2,1H3/t9-,12+/m0/s1. The second kappa shape index (κ2) is 4.90. The van der Waals surface area contributed by atoms with Crippen molar-refractivity contribution in [1.82, 2.24) is 4.31 Å². The quantitative estimate of drug-likeness (QED) is 0.803. The van der Waals surface area contributed by atoms with Crippen LogP contribution < -0.4 is 0 Å². The minimum absolute atomic E-state index is 0.0200. The monoisotopic (exact) mass is 287 g/mol. The number of halogens is 1. The van der Waals surface area contributed by atoms with Crippen molar-refractivity contribution >= 4 is 25.8 Å². The second-order valence-corrected chi connectivity index (χ2v) is 6.75. The largest absolute Gasteiger partial charge is 0.324 e. The lowest BCUT2D eigenvalue weighted by Crippen LogP contribution is -2.31. The molecule has 1 aromatic rings. The highest BCUT2D eigenvalue weighted by Gasteiger charge is 2.45. The third-order valence-electron chi connectivity index (χ3n) is 3.28. The summed E-state index contributed by atoms with van der Waals surface area (Å²) in [5.41, 5.74) is 0.805. The van der Waals surface area contributed by atoms with Crippen molar-refractivity contribution in [2.75, 3.05) is 0 Å². The summed E-state index contributed by atoms with van der Waals surface area (Å²) in [6.45, 7) is 1.94. The summed E-state index contributed by atoms with van der Waals surface area (Å²) in [4.78, 5) is 11.8. The van der Waals surface area contributed by atoms with Crippen LogP contribution in [0.2, 0.25) is 0 Å². The summed E-state index contributed by atoms with van der Waals surface area (Å²) in [5.74, 6) is -0.445. The Hall–Kier alpha value is -1.07. The Morgan fingerprint density at radius 3 is 2.44 bits per heavy atom. The fourth-order valence-corrected chi connectivity index (χ4v) is 3.83. The topological polar surface area (TPSA) is 54.5 Å². The van der Waals surface area contributed by atoms with Gasteiger partial charge in [-0.05, 0) is 11.5 Å². The number of hydrogen-bond acceptors (Lipinski definition) is 3. The van der Waals surface area contributed by atoms with Gasteiger partial charge in [0.2, 0.25) is 5.91 Å². The van der Waals surface area contributed by atoms with E-state index in [2.05, 4.69) is 0 Å². The fourth-order valence-electron chi connectivity index (χ4n) is 2.46. The zero-order valence-corrected chi connectivity index (χ0v) is 11.5. The summed E-state index contributed by atoms with van der Waals surface area (Å²) in [5, 5.41) is 0. The normalized spacial score (nSPS) is 24.6. The molecule has 0 aromatic heterocycles. The van der Waals surface area contributed by atoms with Crippen LogP contribution in [0.3, 0.4) is 0 Å². The lowest BCUT2D eigenvalue weighted by Gasteiger charge is -2.25. The number of benzene rings is 1. The molecule has 0 unspecified atom stereocenters. The average Bonchev–Trinajstić information content (AvgIpc) is 2.67. The molecule has 0 aliphatic carbocycles. The van der Waals surface area contributed by atoms with Gasteiger partial charge in [0.05, 0.1) is 6.04 Å². The molecule has 98 valence electrons. The van der Waals surface area contributed by atoms with E-state index < -0.39 is 21.2 Å². The first-order valence-electron chi connectivity index (χ1n) is 5.77. The molecule has 1 fully saturated rings. The third kappa shape index (κ3) is 2.37. The molecule has 2 rings (SSSR count). The molecule has 1 amide bonds. The van der Waals surface area contributed by atoms with E-state index in [0.717, 1.165) is 16.3 Å². The van der Waals surface area contributed by atoms with Gasteiger partial charge in [0.1, 0.15) is 0 Å². The lowest BCUT2D eigenvalue weighted by atomic mass is 9.92. The highest BCUT2D eigenvalue weighted by molar-refractivity contribution is 8.12. The van der Waals surface area contributed by atoms with Crippen LogP contribution in [0.25, 0.3) is 0 Å². The van der Waals surface area contributed by atoms with Crippen molar-refractivity contribution in [3.63, 3.8) is 0 Å².